The smallest absolute Gasteiger partial charge is 0.338 e. The van der Waals surface area contributed by atoms with Gasteiger partial charge in [0.25, 0.3) is 0 Å². The van der Waals surface area contributed by atoms with E-state index < -0.39 is 24.1 Å². The van der Waals surface area contributed by atoms with Crippen LogP contribution in [-0.2, 0) is 23.8 Å². The summed E-state index contributed by atoms with van der Waals surface area (Å²) in [6, 6.07) is 0. The quantitative estimate of drug-likeness (QED) is 0.367. The number of ether oxygens (including phenoxy) is 3. The lowest BCUT2D eigenvalue weighted by atomic mass is 10.2. The van der Waals surface area contributed by atoms with E-state index in [-0.39, 0.29) is 0 Å². The SMILES string of the molecule is CCCCCCCOC(=O)C1OC1C(=O)OC. The van der Waals surface area contributed by atoms with Gasteiger partial charge in [-0.3, -0.25) is 0 Å². The molecular formula is C12H20O5. The Hall–Kier alpha value is -1.10. The highest BCUT2D eigenvalue weighted by Crippen LogP contribution is 2.24. The van der Waals surface area contributed by atoms with Gasteiger partial charge in [-0.25, -0.2) is 9.59 Å². The number of rotatable bonds is 8. The maximum atomic E-state index is 11.4. The van der Waals surface area contributed by atoms with Crippen molar-refractivity contribution in [2.45, 2.75) is 51.2 Å². The summed E-state index contributed by atoms with van der Waals surface area (Å²) >= 11 is 0. The van der Waals surface area contributed by atoms with Crippen LogP contribution in [0.2, 0.25) is 0 Å². The molecule has 98 valence electrons. The fourth-order valence-corrected chi connectivity index (χ4v) is 1.55. The van der Waals surface area contributed by atoms with Crippen LogP contribution in [0.15, 0.2) is 0 Å². The highest BCUT2D eigenvalue weighted by Gasteiger charge is 2.52. The van der Waals surface area contributed by atoms with Gasteiger partial charge in [0.15, 0.2) is 12.2 Å². The third kappa shape index (κ3) is 4.73. The number of epoxide rings is 1. The van der Waals surface area contributed by atoms with E-state index in [1.807, 2.05) is 0 Å². The average Bonchev–Trinajstić information content (AvgIpc) is 3.12. The molecule has 5 nitrogen and oxygen atoms in total. The second-order valence-corrected chi connectivity index (χ2v) is 4.08. The molecule has 17 heavy (non-hydrogen) atoms. The summed E-state index contributed by atoms with van der Waals surface area (Å²) in [4.78, 5) is 22.4. The van der Waals surface area contributed by atoms with Crippen molar-refractivity contribution in [3.63, 3.8) is 0 Å². The molecule has 1 rings (SSSR count). The molecule has 5 heteroatoms. The summed E-state index contributed by atoms with van der Waals surface area (Å²) in [5.41, 5.74) is 0. The van der Waals surface area contributed by atoms with Crippen molar-refractivity contribution in [2.75, 3.05) is 13.7 Å². The van der Waals surface area contributed by atoms with E-state index in [0.717, 1.165) is 12.8 Å². The molecule has 2 unspecified atom stereocenters. The Morgan fingerprint density at radius 1 is 1.06 bits per heavy atom. The minimum Gasteiger partial charge on any atom is -0.467 e. The van der Waals surface area contributed by atoms with Crippen LogP contribution in [-0.4, -0.2) is 37.9 Å². The normalized spacial score (nSPS) is 22.0. The Morgan fingerprint density at radius 2 is 1.71 bits per heavy atom. The van der Waals surface area contributed by atoms with Crippen LogP contribution in [0.5, 0.6) is 0 Å². The largest absolute Gasteiger partial charge is 0.467 e. The van der Waals surface area contributed by atoms with Gasteiger partial charge in [-0.15, -0.1) is 0 Å². The number of hydrogen-bond donors (Lipinski definition) is 0. The van der Waals surface area contributed by atoms with Gasteiger partial charge in [-0.2, -0.15) is 0 Å². The zero-order chi connectivity index (χ0) is 12.7. The van der Waals surface area contributed by atoms with Gasteiger partial charge in [0.2, 0.25) is 0 Å². The molecule has 1 saturated heterocycles. The van der Waals surface area contributed by atoms with E-state index in [1.54, 1.807) is 0 Å². The molecule has 0 saturated carbocycles. The van der Waals surface area contributed by atoms with E-state index in [2.05, 4.69) is 11.7 Å². The molecular weight excluding hydrogens is 224 g/mol. The van der Waals surface area contributed by atoms with Crippen LogP contribution in [0.3, 0.4) is 0 Å². The summed E-state index contributed by atoms with van der Waals surface area (Å²) in [6.45, 7) is 2.55. The van der Waals surface area contributed by atoms with Gasteiger partial charge in [0, 0.05) is 0 Å². The number of methoxy groups -OCH3 is 1. The molecule has 2 atom stereocenters. The first-order valence-electron chi connectivity index (χ1n) is 6.10. The first kappa shape index (κ1) is 14.0. The van der Waals surface area contributed by atoms with Gasteiger partial charge < -0.3 is 14.2 Å². The minimum atomic E-state index is -0.757. The number of carbonyl (C=O) groups is 2. The highest BCUT2D eigenvalue weighted by molar-refractivity contribution is 5.89. The van der Waals surface area contributed by atoms with Crippen molar-refractivity contribution in [3.05, 3.63) is 0 Å². The molecule has 0 aliphatic carbocycles. The van der Waals surface area contributed by atoms with Crippen molar-refractivity contribution >= 4 is 11.9 Å². The predicted octanol–water partition coefficient (Wildman–Crippen LogP) is 1.44. The summed E-state index contributed by atoms with van der Waals surface area (Å²) in [5.74, 6) is -0.981. The van der Waals surface area contributed by atoms with Crippen molar-refractivity contribution in [3.8, 4) is 0 Å². The third-order valence-electron chi connectivity index (χ3n) is 2.65. The van der Waals surface area contributed by atoms with Crippen LogP contribution in [0, 0.1) is 0 Å². The molecule has 0 aromatic carbocycles. The zero-order valence-electron chi connectivity index (χ0n) is 10.4. The van der Waals surface area contributed by atoms with E-state index in [0.29, 0.717) is 6.61 Å². The van der Waals surface area contributed by atoms with Gasteiger partial charge in [-0.1, -0.05) is 32.6 Å². The lowest BCUT2D eigenvalue weighted by Crippen LogP contribution is -2.19. The fourth-order valence-electron chi connectivity index (χ4n) is 1.55. The van der Waals surface area contributed by atoms with Gasteiger partial charge >= 0.3 is 11.9 Å². The first-order valence-corrected chi connectivity index (χ1v) is 6.10. The minimum absolute atomic E-state index is 0.399. The molecule has 1 aliphatic rings. The zero-order valence-corrected chi connectivity index (χ0v) is 10.4. The van der Waals surface area contributed by atoms with Gasteiger partial charge in [0.1, 0.15) is 0 Å². The summed E-state index contributed by atoms with van der Waals surface area (Å²) in [5, 5.41) is 0. The molecule has 0 spiro atoms. The van der Waals surface area contributed by atoms with E-state index in [1.165, 1.54) is 26.4 Å². The second-order valence-electron chi connectivity index (χ2n) is 4.08. The van der Waals surface area contributed by atoms with E-state index in [4.69, 9.17) is 9.47 Å². The molecule has 1 fully saturated rings. The highest BCUT2D eigenvalue weighted by atomic mass is 16.7. The molecule has 0 aromatic rings. The third-order valence-corrected chi connectivity index (χ3v) is 2.65. The van der Waals surface area contributed by atoms with Crippen LogP contribution in [0.4, 0.5) is 0 Å². The Balaban J connectivity index is 2.01. The predicted molar refractivity (Wildman–Crippen MR) is 60.4 cm³/mol. The molecule has 0 aromatic heterocycles. The molecule has 0 N–H and O–H groups in total. The van der Waals surface area contributed by atoms with Crippen molar-refractivity contribution in [1.82, 2.24) is 0 Å². The lowest BCUT2D eigenvalue weighted by molar-refractivity contribution is -0.146. The van der Waals surface area contributed by atoms with Crippen LogP contribution >= 0.6 is 0 Å². The van der Waals surface area contributed by atoms with Crippen LogP contribution < -0.4 is 0 Å². The molecule has 0 radical (unpaired) electrons. The summed E-state index contributed by atoms with van der Waals surface area (Å²) in [6.07, 6.45) is 3.99. The number of carbonyl (C=O) groups excluding carboxylic acids is 2. The fraction of sp³-hybridized carbons (Fsp3) is 0.833. The number of hydrogen-bond acceptors (Lipinski definition) is 5. The topological polar surface area (TPSA) is 65.1 Å². The van der Waals surface area contributed by atoms with Crippen LogP contribution in [0.1, 0.15) is 39.0 Å². The van der Waals surface area contributed by atoms with Crippen molar-refractivity contribution in [2.24, 2.45) is 0 Å². The maximum Gasteiger partial charge on any atom is 0.338 e. The molecule has 1 heterocycles. The average molecular weight is 244 g/mol. The van der Waals surface area contributed by atoms with Crippen molar-refractivity contribution in [1.29, 1.82) is 0 Å². The van der Waals surface area contributed by atoms with E-state index >= 15 is 0 Å². The maximum absolute atomic E-state index is 11.4. The molecule has 1 aliphatic heterocycles. The Labute approximate surface area is 101 Å². The van der Waals surface area contributed by atoms with Crippen molar-refractivity contribution < 1.29 is 23.8 Å². The van der Waals surface area contributed by atoms with Gasteiger partial charge in [-0.05, 0) is 6.42 Å². The second kappa shape index (κ2) is 7.27. The Morgan fingerprint density at radius 3 is 2.35 bits per heavy atom. The molecule has 0 amide bonds. The Kier molecular flexibility index (Phi) is 5.97. The lowest BCUT2D eigenvalue weighted by Gasteiger charge is -2.02. The molecule has 0 bridgehead atoms. The first-order chi connectivity index (χ1) is 8.20. The summed E-state index contributed by atoms with van der Waals surface area (Å²) in [7, 11) is 1.26. The van der Waals surface area contributed by atoms with E-state index in [9.17, 15) is 9.59 Å². The number of unbranched alkanes of at least 4 members (excludes halogenated alkanes) is 4. The van der Waals surface area contributed by atoms with Gasteiger partial charge in [0.05, 0.1) is 13.7 Å². The van der Waals surface area contributed by atoms with Crippen LogP contribution in [0.25, 0.3) is 0 Å². The monoisotopic (exact) mass is 244 g/mol. The standard InChI is InChI=1S/C12H20O5/c1-3-4-5-6-7-8-16-12(14)10-9(17-10)11(13)15-2/h9-10H,3-8H2,1-2H3. The number of esters is 2. The Bertz CT molecular complexity index is 264. The summed E-state index contributed by atoms with van der Waals surface area (Å²) < 4.78 is 14.3.